The lowest BCUT2D eigenvalue weighted by Gasteiger charge is -2.16. The number of nitrogens with zero attached hydrogens (tertiary/aromatic N) is 1. The standard InChI is InChI=1S/C25H17NO4S2/c1-29-22-11-16(15(13-27)8-20(22)23-4-3-6-31-23)17-10-21-19(9-18(17)25(28)30-2)24-14(12-26-21)5-7-32-24/h3-13H,1-2H3. The zero-order chi connectivity index (χ0) is 22.2. The van der Waals surface area contributed by atoms with Gasteiger partial charge in [0.25, 0.3) is 0 Å². The van der Waals surface area contributed by atoms with Crippen molar-refractivity contribution in [3.8, 4) is 27.3 Å². The van der Waals surface area contributed by atoms with E-state index in [1.807, 2.05) is 41.2 Å². The molecular weight excluding hydrogens is 442 g/mol. The molecule has 5 nitrogen and oxygen atoms in total. The number of hydrogen-bond acceptors (Lipinski definition) is 7. The number of benzene rings is 2. The zero-order valence-electron chi connectivity index (χ0n) is 17.2. The summed E-state index contributed by atoms with van der Waals surface area (Å²) in [6.45, 7) is 0. The van der Waals surface area contributed by atoms with Gasteiger partial charge in [-0.15, -0.1) is 22.7 Å². The van der Waals surface area contributed by atoms with Crippen LogP contribution in [0.4, 0.5) is 0 Å². The van der Waals surface area contributed by atoms with Crippen LogP contribution in [0.1, 0.15) is 20.7 Å². The summed E-state index contributed by atoms with van der Waals surface area (Å²) in [6, 6.07) is 13.2. The number of pyridine rings is 1. The number of aromatic nitrogens is 1. The minimum atomic E-state index is -0.478. The molecule has 2 aromatic carbocycles. The molecule has 0 unspecified atom stereocenters. The second-order valence-corrected chi connectivity index (χ2v) is 8.97. The van der Waals surface area contributed by atoms with Crippen molar-refractivity contribution >= 4 is 55.9 Å². The van der Waals surface area contributed by atoms with Gasteiger partial charge in [0.2, 0.25) is 0 Å². The number of hydrogen-bond donors (Lipinski definition) is 0. The first-order valence-electron chi connectivity index (χ1n) is 9.74. The highest BCUT2D eigenvalue weighted by Crippen LogP contribution is 2.41. The van der Waals surface area contributed by atoms with Crippen molar-refractivity contribution in [2.24, 2.45) is 0 Å². The van der Waals surface area contributed by atoms with Gasteiger partial charge in [-0.3, -0.25) is 9.78 Å². The first-order chi connectivity index (χ1) is 15.6. The van der Waals surface area contributed by atoms with Crippen molar-refractivity contribution in [2.75, 3.05) is 14.2 Å². The highest BCUT2D eigenvalue weighted by molar-refractivity contribution is 7.18. The molecular formula is C25H17NO4S2. The Morgan fingerprint density at radius 3 is 2.59 bits per heavy atom. The first kappa shape index (κ1) is 20.4. The highest BCUT2D eigenvalue weighted by atomic mass is 32.1. The number of methoxy groups -OCH3 is 2. The second kappa shape index (κ2) is 8.18. The summed E-state index contributed by atoms with van der Waals surface area (Å²) in [5.41, 5.74) is 3.55. The van der Waals surface area contributed by atoms with Crippen LogP contribution in [0.5, 0.6) is 5.75 Å². The molecule has 0 saturated heterocycles. The Balaban J connectivity index is 1.82. The third-order valence-electron chi connectivity index (χ3n) is 5.40. The molecule has 0 N–H and O–H groups in total. The first-order valence-corrected chi connectivity index (χ1v) is 11.5. The van der Waals surface area contributed by atoms with Crippen molar-refractivity contribution in [2.45, 2.75) is 0 Å². The van der Waals surface area contributed by atoms with E-state index in [1.165, 1.54) is 7.11 Å². The lowest BCUT2D eigenvalue weighted by atomic mass is 9.92. The van der Waals surface area contributed by atoms with Crippen LogP contribution in [0.15, 0.2) is 59.4 Å². The molecule has 0 radical (unpaired) electrons. The van der Waals surface area contributed by atoms with Gasteiger partial charge in [-0.2, -0.15) is 0 Å². The fraction of sp³-hybridized carbons (Fsp3) is 0.0800. The maximum absolute atomic E-state index is 12.8. The molecule has 32 heavy (non-hydrogen) atoms. The number of thiophene rings is 2. The summed E-state index contributed by atoms with van der Waals surface area (Å²) in [5.74, 6) is 0.138. The van der Waals surface area contributed by atoms with Gasteiger partial charge in [0.15, 0.2) is 6.29 Å². The third-order valence-corrected chi connectivity index (χ3v) is 7.27. The summed E-state index contributed by atoms with van der Waals surface area (Å²) in [5, 5.41) is 5.85. The molecule has 5 aromatic rings. The van der Waals surface area contributed by atoms with Gasteiger partial charge in [-0.05, 0) is 58.3 Å². The average molecular weight is 460 g/mol. The molecule has 0 aliphatic carbocycles. The van der Waals surface area contributed by atoms with Crippen LogP contribution < -0.4 is 4.74 Å². The molecule has 3 aromatic heterocycles. The smallest absolute Gasteiger partial charge is 0.338 e. The highest BCUT2D eigenvalue weighted by Gasteiger charge is 2.21. The second-order valence-electron chi connectivity index (χ2n) is 7.10. The van der Waals surface area contributed by atoms with E-state index in [0.29, 0.717) is 28.0 Å². The van der Waals surface area contributed by atoms with Crippen molar-refractivity contribution < 1.29 is 19.1 Å². The Kier molecular flexibility index (Phi) is 5.20. The summed E-state index contributed by atoms with van der Waals surface area (Å²) in [6.07, 6.45) is 2.61. The minimum Gasteiger partial charge on any atom is -0.496 e. The van der Waals surface area contributed by atoms with Gasteiger partial charge in [0.1, 0.15) is 5.75 Å². The molecule has 0 amide bonds. The Hall–Kier alpha value is -3.55. The van der Waals surface area contributed by atoms with E-state index >= 15 is 0 Å². The van der Waals surface area contributed by atoms with Crippen LogP contribution >= 0.6 is 22.7 Å². The van der Waals surface area contributed by atoms with Gasteiger partial charge < -0.3 is 9.47 Å². The van der Waals surface area contributed by atoms with Crippen LogP contribution in [0.2, 0.25) is 0 Å². The molecule has 0 atom stereocenters. The number of aldehydes is 1. The van der Waals surface area contributed by atoms with Crippen LogP contribution in [0.3, 0.4) is 0 Å². The normalized spacial score (nSPS) is 11.1. The molecule has 0 fully saturated rings. The van der Waals surface area contributed by atoms with Gasteiger partial charge in [0, 0.05) is 37.7 Å². The van der Waals surface area contributed by atoms with Gasteiger partial charge in [-0.25, -0.2) is 4.79 Å². The average Bonchev–Trinajstić information content (AvgIpc) is 3.54. The Morgan fingerprint density at radius 2 is 1.88 bits per heavy atom. The van der Waals surface area contributed by atoms with Gasteiger partial charge in [0.05, 0.1) is 25.3 Å². The van der Waals surface area contributed by atoms with E-state index in [1.54, 1.807) is 48.0 Å². The lowest BCUT2D eigenvalue weighted by Crippen LogP contribution is -2.05. The van der Waals surface area contributed by atoms with E-state index in [-0.39, 0.29) is 0 Å². The van der Waals surface area contributed by atoms with E-state index in [2.05, 4.69) is 4.98 Å². The number of fused-ring (bicyclic) bond motifs is 3. The quantitative estimate of drug-likeness (QED) is 0.223. The fourth-order valence-corrected chi connectivity index (χ4v) is 5.52. The molecule has 0 spiro atoms. The topological polar surface area (TPSA) is 65.5 Å². The number of rotatable bonds is 5. The number of esters is 1. The van der Waals surface area contributed by atoms with Crippen LogP contribution in [0.25, 0.3) is 42.6 Å². The molecule has 158 valence electrons. The van der Waals surface area contributed by atoms with Crippen molar-refractivity contribution in [3.05, 3.63) is 70.5 Å². The Labute approximate surface area is 191 Å². The summed E-state index contributed by atoms with van der Waals surface area (Å²) in [4.78, 5) is 30.5. The summed E-state index contributed by atoms with van der Waals surface area (Å²) >= 11 is 3.16. The van der Waals surface area contributed by atoms with E-state index < -0.39 is 5.97 Å². The van der Waals surface area contributed by atoms with E-state index in [0.717, 1.165) is 37.7 Å². The number of carbonyl (C=O) groups excluding carboxylic acids is 2. The fourth-order valence-electron chi connectivity index (χ4n) is 3.88. The molecule has 7 heteroatoms. The predicted octanol–water partition coefficient (Wildman–Crippen LogP) is 6.45. The summed E-state index contributed by atoms with van der Waals surface area (Å²) in [7, 11) is 2.94. The van der Waals surface area contributed by atoms with Crippen molar-refractivity contribution in [1.82, 2.24) is 4.98 Å². The Bertz CT molecular complexity index is 1490. The van der Waals surface area contributed by atoms with Crippen molar-refractivity contribution in [3.63, 3.8) is 0 Å². The number of ether oxygens (including phenoxy) is 2. The zero-order valence-corrected chi connectivity index (χ0v) is 18.9. The minimum absolute atomic E-state index is 0.372. The third kappa shape index (κ3) is 3.26. The van der Waals surface area contributed by atoms with Gasteiger partial charge >= 0.3 is 5.97 Å². The molecule has 3 heterocycles. The lowest BCUT2D eigenvalue weighted by molar-refractivity contribution is 0.0601. The van der Waals surface area contributed by atoms with Gasteiger partial charge in [-0.1, -0.05) is 6.07 Å². The largest absolute Gasteiger partial charge is 0.496 e. The molecule has 0 aliphatic rings. The maximum atomic E-state index is 12.8. The number of carbonyl (C=O) groups is 2. The van der Waals surface area contributed by atoms with Crippen LogP contribution in [0, 0.1) is 0 Å². The maximum Gasteiger partial charge on any atom is 0.338 e. The van der Waals surface area contributed by atoms with E-state index in [9.17, 15) is 9.59 Å². The van der Waals surface area contributed by atoms with Crippen LogP contribution in [-0.4, -0.2) is 31.5 Å². The van der Waals surface area contributed by atoms with Crippen LogP contribution in [-0.2, 0) is 4.74 Å². The molecule has 5 rings (SSSR count). The summed E-state index contributed by atoms with van der Waals surface area (Å²) < 4.78 is 11.8. The molecule has 0 bridgehead atoms. The van der Waals surface area contributed by atoms with E-state index in [4.69, 9.17) is 9.47 Å². The van der Waals surface area contributed by atoms with Crippen molar-refractivity contribution in [1.29, 1.82) is 0 Å². The predicted molar refractivity (Wildman–Crippen MR) is 129 cm³/mol. The molecule has 0 aliphatic heterocycles. The Morgan fingerprint density at radius 1 is 1.00 bits per heavy atom. The molecule has 0 saturated carbocycles. The SMILES string of the molecule is COC(=O)c1cc2c(cc1-c1cc(OC)c(-c3cccs3)cc1C=O)ncc1ccsc12. The monoisotopic (exact) mass is 459 g/mol.